The molecule has 0 amide bonds. The number of benzene rings is 1. The zero-order valence-electron chi connectivity index (χ0n) is 13.5. The van der Waals surface area contributed by atoms with Crippen LogP contribution in [-0.2, 0) is 0 Å². The monoisotopic (exact) mass is 393 g/mol. The number of hydrogen-bond donors (Lipinski definition) is 0. The number of hydrogen-bond acceptors (Lipinski definition) is 4. The van der Waals surface area contributed by atoms with Crippen molar-refractivity contribution in [1.29, 1.82) is 0 Å². The first-order valence-electron chi connectivity index (χ1n) is 8.41. The standard InChI is InChI=1S/C19H16BrN5/c20-15-12-22-25-9-7-18(23-19(15)25)24-8-3-6-17(24)14-10-13-4-1-2-5-16(13)21-11-14/h1-2,4-5,7,9-12,17H,3,6,8H2. The summed E-state index contributed by atoms with van der Waals surface area (Å²) in [5, 5.41) is 5.46. The van der Waals surface area contributed by atoms with E-state index in [-0.39, 0.29) is 0 Å². The lowest BCUT2D eigenvalue weighted by atomic mass is 10.0. The van der Waals surface area contributed by atoms with Gasteiger partial charge in [0, 0.05) is 24.3 Å². The minimum absolute atomic E-state index is 0.314. The molecule has 1 saturated heterocycles. The van der Waals surface area contributed by atoms with Crippen LogP contribution in [0.15, 0.2) is 59.5 Å². The van der Waals surface area contributed by atoms with Crippen molar-refractivity contribution in [3.8, 4) is 0 Å². The van der Waals surface area contributed by atoms with E-state index in [0.29, 0.717) is 6.04 Å². The van der Waals surface area contributed by atoms with Gasteiger partial charge in [0.2, 0.25) is 0 Å². The highest BCUT2D eigenvalue weighted by Crippen LogP contribution is 2.36. The van der Waals surface area contributed by atoms with E-state index in [1.807, 2.05) is 24.5 Å². The molecule has 4 heterocycles. The van der Waals surface area contributed by atoms with E-state index >= 15 is 0 Å². The zero-order valence-corrected chi connectivity index (χ0v) is 15.1. The molecule has 5 nitrogen and oxygen atoms in total. The summed E-state index contributed by atoms with van der Waals surface area (Å²) in [7, 11) is 0. The normalized spacial score (nSPS) is 17.6. The molecule has 0 bridgehead atoms. The molecule has 1 aliphatic rings. The summed E-state index contributed by atoms with van der Waals surface area (Å²) < 4.78 is 2.70. The fourth-order valence-corrected chi connectivity index (χ4v) is 4.01. The Hall–Kier alpha value is -2.47. The van der Waals surface area contributed by atoms with E-state index in [0.717, 1.165) is 40.8 Å². The first-order chi connectivity index (χ1) is 12.3. The van der Waals surface area contributed by atoms with Crippen LogP contribution in [0.5, 0.6) is 0 Å². The average Bonchev–Trinajstić information content (AvgIpc) is 3.28. The van der Waals surface area contributed by atoms with Gasteiger partial charge in [-0.1, -0.05) is 18.2 Å². The minimum atomic E-state index is 0.314. The lowest BCUT2D eigenvalue weighted by Crippen LogP contribution is -2.23. The smallest absolute Gasteiger partial charge is 0.171 e. The van der Waals surface area contributed by atoms with Gasteiger partial charge < -0.3 is 4.90 Å². The number of rotatable bonds is 2. The third kappa shape index (κ3) is 2.48. The molecule has 1 aliphatic heterocycles. The van der Waals surface area contributed by atoms with Crippen molar-refractivity contribution >= 4 is 38.3 Å². The summed E-state index contributed by atoms with van der Waals surface area (Å²) in [4.78, 5) is 11.8. The van der Waals surface area contributed by atoms with Gasteiger partial charge in [-0.25, -0.2) is 9.50 Å². The molecule has 0 saturated carbocycles. The van der Waals surface area contributed by atoms with Crippen molar-refractivity contribution in [2.45, 2.75) is 18.9 Å². The quantitative estimate of drug-likeness (QED) is 0.506. The van der Waals surface area contributed by atoms with E-state index in [1.165, 1.54) is 10.9 Å². The summed E-state index contributed by atoms with van der Waals surface area (Å²) in [6.07, 6.45) is 8.04. The molecule has 5 rings (SSSR count). The number of halogens is 1. The van der Waals surface area contributed by atoms with Crippen LogP contribution in [0.3, 0.4) is 0 Å². The number of nitrogens with zero attached hydrogens (tertiary/aromatic N) is 5. The van der Waals surface area contributed by atoms with Crippen LogP contribution in [0.1, 0.15) is 24.4 Å². The maximum absolute atomic E-state index is 4.81. The molecule has 1 aromatic carbocycles. The van der Waals surface area contributed by atoms with Gasteiger partial charge in [0.05, 0.1) is 22.2 Å². The second-order valence-electron chi connectivity index (χ2n) is 6.36. The van der Waals surface area contributed by atoms with E-state index in [1.54, 1.807) is 10.7 Å². The maximum Gasteiger partial charge on any atom is 0.171 e. The third-order valence-corrected chi connectivity index (χ3v) is 5.41. The van der Waals surface area contributed by atoms with E-state index < -0.39 is 0 Å². The van der Waals surface area contributed by atoms with Gasteiger partial charge in [-0.2, -0.15) is 5.10 Å². The molecular weight excluding hydrogens is 378 g/mol. The molecule has 6 heteroatoms. The molecule has 1 fully saturated rings. The summed E-state index contributed by atoms with van der Waals surface area (Å²) >= 11 is 3.52. The van der Waals surface area contributed by atoms with Gasteiger partial charge in [-0.15, -0.1) is 0 Å². The SMILES string of the molecule is Brc1cnn2ccc(N3CCCC3c3cnc4ccccc4c3)nc12. The fraction of sp³-hybridized carbons (Fsp3) is 0.211. The lowest BCUT2D eigenvalue weighted by Gasteiger charge is -2.26. The van der Waals surface area contributed by atoms with Gasteiger partial charge in [-0.3, -0.25) is 4.98 Å². The lowest BCUT2D eigenvalue weighted by molar-refractivity contribution is 0.708. The first kappa shape index (κ1) is 14.8. The van der Waals surface area contributed by atoms with Crippen LogP contribution in [0.25, 0.3) is 16.6 Å². The van der Waals surface area contributed by atoms with Gasteiger partial charge in [0.1, 0.15) is 5.82 Å². The average molecular weight is 394 g/mol. The van der Waals surface area contributed by atoms with E-state index in [9.17, 15) is 0 Å². The number of pyridine rings is 1. The first-order valence-corrected chi connectivity index (χ1v) is 9.20. The van der Waals surface area contributed by atoms with E-state index in [2.05, 4.69) is 55.2 Å². The Morgan fingerprint density at radius 1 is 1.12 bits per heavy atom. The second-order valence-corrected chi connectivity index (χ2v) is 7.21. The Balaban J connectivity index is 1.56. The molecule has 4 aromatic rings. The highest BCUT2D eigenvalue weighted by Gasteiger charge is 2.28. The van der Waals surface area contributed by atoms with Crippen molar-refractivity contribution in [2.75, 3.05) is 11.4 Å². The van der Waals surface area contributed by atoms with Crippen molar-refractivity contribution in [1.82, 2.24) is 19.6 Å². The number of anilines is 1. The zero-order chi connectivity index (χ0) is 16.8. The van der Waals surface area contributed by atoms with Gasteiger partial charge >= 0.3 is 0 Å². The fourth-order valence-electron chi connectivity index (χ4n) is 3.65. The predicted octanol–water partition coefficient (Wildman–Crippen LogP) is 4.38. The van der Waals surface area contributed by atoms with Gasteiger partial charge in [0.25, 0.3) is 0 Å². The topological polar surface area (TPSA) is 46.3 Å². The van der Waals surface area contributed by atoms with Crippen molar-refractivity contribution in [3.63, 3.8) is 0 Å². The molecule has 124 valence electrons. The molecule has 25 heavy (non-hydrogen) atoms. The van der Waals surface area contributed by atoms with Crippen molar-refractivity contribution in [3.05, 3.63) is 65.0 Å². The largest absolute Gasteiger partial charge is 0.349 e. The van der Waals surface area contributed by atoms with Crippen LogP contribution in [0.4, 0.5) is 5.82 Å². The van der Waals surface area contributed by atoms with E-state index in [4.69, 9.17) is 4.98 Å². The predicted molar refractivity (Wildman–Crippen MR) is 102 cm³/mol. The van der Waals surface area contributed by atoms with Crippen LogP contribution in [0.2, 0.25) is 0 Å². The maximum atomic E-state index is 4.81. The highest BCUT2D eigenvalue weighted by molar-refractivity contribution is 9.10. The summed E-state index contributed by atoms with van der Waals surface area (Å²) in [5.41, 5.74) is 3.14. The van der Waals surface area contributed by atoms with Crippen molar-refractivity contribution in [2.24, 2.45) is 0 Å². The summed E-state index contributed by atoms with van der Waals surface area (Å²) in [6, 6.07) is 12.9. The molecule has 1 unspecified atom stereocenters. The molecule has 0 spiro atoms. The Morgan fingerprint density at radius 3 is 3.00 bits per heavy atom. The Bertz CT molecular complexity index is 1070. The molecule has 0 aliphatic carbocycles. The van der Waals surface area contributed by atoms with Crippen LogP contribution in [-0.4, -0.2) is 26.1 Å². The summed E-state index contributed by atoms with van der Waals surface area (Å²) in [6.45, 7) is 1.01. The minimum Gasteiger partial charge on any atom is -0.349 e. The highest BCUT2D eigenvalue weighted by atomic mass is 79.9. The number of para-hydroxylation sites is 1. The number of fused-ring (bicyclic) bond motifs is 2. The van der Waals surface area contributed by atoms with Gasteiger partial charge in [-0.05, 0) is 52.5 Å². The van der Waals surface area contributed by atoms with Crippen LogP contribution >= 0.6 is 15.9 Å². The Morgan fingerprint density at radius 2 is 2.04 bits per heavy atom. The molecule has 1 atom stereocenters. The van der Waals surface area contributed by atoms with Crippen LogP contribution < -0.4 is 4.90 Å². The third-order valence-electron chi connectivity index (χ3n) is 4.85. The molecule has 0 N–H and O–H groups in total. The molecule has 0 radical (unpaired) electrons. The number of aromatic nitrogens is 4. The summed E-state index contributed by atoms with van der Waals surface area (Å²) in [5.74, 6) is 0.990. The Kier molecular flexibility index (Phi) is 3.45. The second kappa shape index (κ2) is 5.81. The Labute approximate surface area is 153 Å². The van der Waals surface area contributed by atoms with Crippen molar-refractivity contribution < 1.29 is 0 Å². The van der Waals surface area contributed by atoms with Gasteiger partial charge in [0.15, 0.2) is 5.65 Å². The molecular formula is C19H16BrN5. The van der Waals surface area contributed by atoms with Crippen LogP contribution in [0, 0.1) is 0 Å². The molecule has 3 aromatic heterocycles.